The minimum absolute atomic E-state index is 0.0194. The molecule has 1 heterocycles. The molecule has 1 aliphatic rings. The normalized spacial score (nSPS) is 14.6. The van der Waals surface area contributed by atoms with Crippen LogP contribution in [0.25, 0.3) is 0 Å². The molecular formula is C18H27NO4S. The monoisotopic (exact) mass is 353 g/mol. The van der Waals surface area contributed by atoms with Crippen molar-refractivity contribution in [1.82, 2.24) is 0 Å². The van der Waals surface area contributed by atoms with Gasteiger partial charge in [-0.15, -0.1) is 0 Å². The fraction of sp³-hybridized carbons (Fsp3) is 0.611. The van der Waals surface area contributed by atoms with Crippen molar-refractivity contribution in [2.24, 2.45) is 5.92 Å². The minimum atomic E-state index is -3.19. The van der Waals surface area contributed by atoms with Gasteiger partial charge in [0.2, 0.25) is 5.91 Å². The van der Waals surface area contributed by atoms with E-state index in [4.69, 9.17) is 4.74 Å². The quantitative estimate of drug-likeness (QED) is 0.789. The van der Waals surface area contributed by atoms with Gasteiger partial charge in [-0.25, -0.2) is 8.42 Å². The molecular weight excluding hydrogens is 326 g/mol. The maximum atomic E-state index is 12.7. The molecule has 0 radical (unpaired) electrons. The van der Waals surface area contributed by atoms with Crippen LogP contribution in [0.2, 0.25) is 0 Å². The highest BCUT2D eigenvalue weighted by Crippen LogP contribution is 2.38. The van der Waals surface area contributed by atoms with E-state index in [9.17, 15) is 13.2 Å². The molecule has 0 fully saturated rings. The third-order valence-electron chi connectivity index (χ3n) is 4.29. The van der Waals surface area contributed by atoms with Gasteiger partial charge in [-0.3, -0.25) is 4.79 Å². The van der Waals surface area contributed by atoms with Crippen molar-refractivity contribution in [2.45, 2.75) is 40.0 Å². The van der Waals surface area contributed by atoms with Gasteiger partial charge in [0.25, 0.3) is 0 Å². The number of carbonyl (C=O) groups is 1. The molecule has 1 amide bonds. The lowest BCUT2D eigenvalue weighted by Gasteiger charge is -2.32. The summed E-state index contributed by atoms with van der Waals surface area (Å²) in [6, 6.07) is 3.87. The summed E-state index contributed by atoms with van der Waals surface area (Å²) in [5.74, 6) is 0.632. The summed E-state index contributed by atoms with van der Waals surface area (Å²) in [4.78, 5) is 14.4. The number of fused-ring (bicyclic) bond motifs is 1. The van der Waals surface area contributed by atoms with Crippen LogP contribution in [-0.4, -0.2) is 39.5 Å². The summed E-state index contributed by atoms with van der Waals surface area (Å²) in [5, 5.41) is 0. The van der Waals surface area contributed by atoms with E-state index in [0.29, 0.717) is 12.3 Å². The van der Waals surface area contributed by atoms with Gasteiger partial charge in [0.05, 0.1) is 24.3 Å². The number of nitrogens with zero attached hydrogens (tertiary/aromatic N) is 1. The first kappa shape index (κ1) is 18.8. The van der Waals surface area contributed by atoms with Crippen LogP contribution in [0.15, 0.2) is 12.1 Å². The Morgan fingerprint density at radius 1 is 1.33 bits per heavy atom. The average Bonchev–Trinajstić information content (AvgIpc) is 2.51. The fourth-order valence-corrected chi connectivity index (χ4v) is 4.90. The second-order valence-corrected chi connectivity index (χ2v) is 9.05. The molecule has 0 unspecified atom stereocenters. The molecule has 2 rings (SSSR count). The molecule has 0 aliphatic carbocycles. The third kappa shape index (κ3) is 4.29. The Hall–Kier alpha value is -1.56. The van der Waals surface area contributed by atoms with E-state index in [1.807, 2.05) is 32.9 Å². The van der Waals surface area contributed by atoms with Crippen molar-refractivity contribution in [3.05, 3.63) is 23.3 Å². The summed E-state index contributed by atoms with van der Waals surface area (Å²) in [7, 11) is -1.60. The van der Waals surface area contributed by atoms with Gasteiger partial charge in [0.1, 0.15) is 5.75 Å². The lowest BCUT2D eigenvalue weighted by molar-refractivity contribution is -0.118. The van der Waals surface area contributed by atoms with Crippen LogP contribution in [0.3, 0.4) is 0 Å². The van der Waals surface area contributed by atoms with Crippen LogP contribution in [0, 0.1) is 12.8 Å². The zero-order chi connectivity index (χ0) is 17.9. The summed E-state index contributed by atoms with van der Waals surface area (Å²) in [6.07, 6.45) is 1.81. The second-order valence-electron chi connectivity index (χ2n) is 6.82. The maximum Gasteiger partial charge on any atom is 0.228 e. The lowest BCUT2D eigenvalue weighted by atomic mass is 9.96. The average molecular weight is 353 g/mol. The molecule has 0 N–H and O–H groups in total. The molecule has 1 aromatic rings. The highest BCUT2D eigenvalue weighted by molar-refractivity contribution is 7.91. The molecule has 134 valence electrons. The van der Waals surface area contributed by atoms with Crippen LogP contribution in [0.1, 0.15) is 37.8 Å². The molecule has 0 atom stereocenters. The first-order chi connectivity index (χ1) is 11.2. The third-order valence-corrected chi connectivity index (χ3v) is 6.29. The molecule has 0 bridgehead atoms. The summed E-state index contributed by atoms with van der Waals surface area (Å²) < 4.78 is 29.5. The second kappa shape index (κ2) is 7.55. The summed E-state index contributed by atoms with van der Waals surface area (Å²) in [5.41, 5.74) is 3.07. The zero-order valence-electron chi connectivity index (χ0n) is 15.0. The molecule has 0 saturated heterocycles. The number of benzene rings is 1. The SMILES string of the molecule is COc1ccc(C)c2c1N(C(=O)CCS(=O)(=O)CC(C)C)CCC2. The van der Waals surface area contributed by atoms with Gasteiger partial charge in [-0.05, 0) is 42.9 Å². The van der Waals surface area contributed by atoms with Crippen LogP contribution in [0.5, 0.6) is 5.75 Å². The van der Waals surface area contributed by atoms with Crippen molar-refractivity contribution in [3.63, 3.8) is 0 Å². The highest BCUT2D eigenvalue weighted by atomic mass is 32.2. The number of carbonyl (C=O) groups excluding carboxylic acids is 1. The van der Waals surface area contributed by atoms with E-state index in [-0.39, 0.29) is 29.8 Å². The number of rotatable bonds is 6. The number of hydrogen-bond donors (Lipinski definition) is 0. The predicted molar refractivity (Wildman–Crippen MR) is 96.5 cm³/mol. The lowest BCUT2D eigenvalue weighted by Crippen LogP contribution is -2.37. The number of aryl methyl sites for hydroxylation is 1. The number of sulfone groups is 1. The summed E-state index contributed by atoms with van der Waals surface area (Å²) in [6.45, 7) is 6.37. The number of methoxy groups -OCH3 is 1. The highest BCUT2D eigenvalue weighted by Gasteiger charge is 2.28. The maximum absolute atomic E-state index is 12.7. The fourth-order valence-electron chi connectivity index (χ4n) is 3.24. The van der Waals surface area contributed by atoms with E-state index in [0.717, 1.165) is 29.7 Å². The van der Waals surface area contributed by atoms with Crippen molar-refractivity contribution >= 4 is 21.4 Å². The first-order valence-corrected chi connectivity index (χ1v) is 10.2. The van der Waals surface area contributed by atoms with Crippen molar-refractivity contribution < 1.29 is 17.9 Å². The van der Waals surface area contributed by atoms with Gasteiger partial charge in [-0.1, -0.05) is 19.9 Å². The van der Waals surface area contributed by atoms with E-state index >= 15 is 0 Å². The van der Waals surface area contributed by atoms with Crippen molar-refractivity contribution in [3.8, 4) is 5.75 Å². The number of amides is 1. The Morgan fingerprint density at radius 3 is 2.67 bits per heavy atom. The smallest absolute Gasteiger partial charge is 0.228 e. The number of ether oxygens (including phenoxy) is 1. The van der Waals surface area contributed by atoms with Gasteiger partial charge < -0.3 is 9.64 Å². The Kier molecular flexibility index (Phi) is 5.91. The van der Waals surface area contributed by atoms with E-state index in [1.165, 1.54) is 0 Å². The predicted octanol–water partition coefficient (Wildman–Crippen LogP) is 2.74. The van der Waals surface area contributed by atoms with E-state index < -0.39 is 9.84 Å². The number of anilines is 1. The van der Waals surface area contributed by atoms with Crippen molar-refractivity contribution in [2.75, 3.05) is 30.1 Å². The van der Waals surface area contributed by atoms with Gasteiger partial charge >= 0.3 is 0 Å². The molecule has 1 aromatic carbocycles. The van der Waals surface area contributed by atoms with Crippen LogP contribution in [-0.2, 0) is 21.1 Å². The Morgan fingerprint density at radius 2 is 2.04 bits per heavy atom. The number of hydrogen-bond acceptors (Lipinski definition) is 4. The topological polar surface area (TPSA) is 63.7 Å². The van der Waals surface area contributed by atoms with Gasteiger partial charge in [0.15, 0.2) is 9.84 Å². The van der Waals surface area contributed by atoms with E-state index in [1.54, 1.807) is 12.0 Å². The first-order valence-electron chi connectivity index (χ1n) is 8.42. The van der Waals surface area contributed by atoms with Crippen molar-refractivity contribution in [1.29, 1.82) is 0 Å². The van der Waals surface area contributed by atoms with Gasteiger partial charge in [0, 0.05) is 13.0 Å². The molecule has 1 aliphatic heterocycles. The van der Waals surface area contributed by atoms with Gasteiger partial charge in [-0.2, -0.15) is 0 Å². The van der Waals surface area contributed by atoms with Crippen LogP contribution >= 0.6 is 0 Å². The van der Waals surface area contributed by atoms with E-state index in [2.05, 4.69) is 0 Å². The standard InChI is InChI=1S/C18H27NO4S/c1-13(2)12-24(21,22)11-9-17(20)19-10-5-6-15-14(3)7-8-16(23-4)18(15)19/h7-8,13H,5-6,9-12H2,1-4H3. The molecule has 5 nitrogen and oxygen atoms in total. The zero-order valence-corrected chi connectivity index (χ0v) is 15.8. The van der Waals surface area contributed by atoms with Crippen LogP contribution in [0.4, 0.5) is 5.69 Å². The molecule has 0 saturated carbocycles. The minimum Gasteiger partial charge on any atom is -0.495 e. The Bertz CT molecular complexity index is 710. The molecule has 6 heteroatoms. The molecule has 0 aromatic heterocycles. The largest absolute Gasteiger partial charge is 0.495 e. The Balaban J connectivity index is 2.20. The van der Waals surface area contributed by atoms with Crippen LogP contribution < -0.4 is 9.64 Å². The molecule has 0 spiro atoms. The molecule has 24 heavy (non-hydrogen) atoms. The Labute approximate surface area is 144 Å². The summed E-state index contributed by atoms with van der Waals surface area (Å²) >= 11 is 0.